The molecule has 0 aliphatic carbocycles. The summed E-state index contributed by atoms with van der Waals surface area (Å²) < 4.78 is 76.7. The molecule has 98 valence electrons. The molecule has 0 N–H and O–H groups in total. The van der Waals surface area contributed by atoms with Gasteiger partial charge in [0, 0.05) is 0 Å². The number of alkyl halides is 7. The monoisotopic (exact) mass is 248 g/mol. The maximum Gasteiger partial charge on any atom is 0.386 e. The molecule has 0 aromatic carbocycles. The van der Waals surface area contributed by atoms with Crippen molar-refractivity contribution in [3.63, 3.8) is 0 Å². The summed E-state index contributed by atoms with van der Waals surface area (Å²) >= 11 is 0. The number of halogens is 7. The molecule has 0 aromatic heterocycles. The predicted molar refractivity (Wildman–Crippen MR) is 43.7 cm³/mol. The molecule has 1 nitrogen and oxygen atoms in total. The minimum absolute atomic E-state index is 0.250. The summed E-state index contributed by atoms with van der Waals surface area (Å²) in [6, 6.07) is 0. The number of ether oxygens (including phenoxy) is 1. The van der Waals surface area contributed by atoms with E-state index in [0.717, 1.165) is 0 Å². The lowest BCUT2D eigenvalue weighted by Gasteiger charge is -2.07. The van der Waals surface area contributed by atoms with E-state index in [4.69, 9.17) is 0 Å². The Morgan fingerprint density at radius 3 is 1.27 bits per heavy atom. The molecule has 0 atom stereocenters. The minimum atomic E-state index is -3.95. The van der Waals surface area contributed by atoms with Gasteiger partial charge in [-0.05, 0) is 6.92 Å². The molecule has 0 aliphatic heterocycles. The lowest BCUT2D eigenvalue weighted by atomic mass is 10.7. The summed E-state index contributed by atoms with van der Waals surface area (Å²) in [6.45, 7) is -2.45. The molecule has 0 bridgehead atoms. The van der Waals surface area contributed by atoms with Gasteiger partial charge < -0.3 is 0 Å². The summed E-state index contributed by atoms with van der Waals surface area (Å²) in [5.74, 6) is 0. The average Bonchev–Trinajstić information content (AvgIpc) is 2.25. The van der Waals surface area contributed by atoms with Crippen LogP contribution in [0.3, 0.4) is 0 Å². The smallest absolute Gasteiger partial charge is 0.286 e. The van der Waals surface area contributed by atoms with Crippen LogP contribution in [0, 0.1) is 0 Å². The lowest BCUT2D eigenvalue weighted by Crippen LogP contribution is -2.22. The SMILES string of the molecule is CCF.CF.CF.FCOC(F)(F)CF. The van der Waals surface area contributed by atoms with Gasteiger partial charge in [0.25, 0.3) is 0 Å². The van der Waals surface area contributed by atoms with Gasteiger partial charge in [0.1, 0.15) is 0 Å². The van der Waals surface area contributed by atoms with Gasteiger partial charge in [-0.1, -0.05) is 0 Å². The Morgan fingerprint density at radius 2 is 1.20 bits per heavy atom. The molecule has 0 saturated heterocycles. The van der Waals surface area contributed by atoms with Crippen LogP contribution in [0.4, 0.5) is 30.7 Å². The average molecular weight is 248 g/mol. The first-order valence-corrected chi connectivity index (χ1v) is 3.49. The van der Waals surface area contributed by atoms with Gasteiger partial charge in [-0.3, -0.25) is 17.9 Å². The Hall–Kier alpha value is -0.530. The highest BCUT2D eigenvalue weighted by Crippen LogP contribution is 2.14. The number of hydrogen-bond acceptors (Lipinski definition) is 1. The van der Waals surface area contributed by atoms with Gasteiger partial charge in [0.15, 0.2) is 13.5 Å². The molecule has 0 radical (unpaired) electrons. The van der Waals surface area contributed by atoms with Crippen molar-refractivity contribution in [1.82, 2.24) is 0 Å². The highest BCUT2D eigenvalue weighted by Gasteiger charge is 2.29. The highest BCUT2D eigenvalue weighted by molar-refractivity contribution is 4.44. The zero-order valence-corrected chi connectivity index (χ0v) is 8.68. The largest absolute Gasteiger partial charge is 0.386 e. The Bertz CT molecular complexity index is 81.7. The fourth-order valence-corrected chi connectivity index (χ4v) is 0.118. The molecule has 0 aliphatic rings. The first-order chi connectivity index (χ1) is 7.04. The Labute approximate surface area is 84.2 Å². The number of hydrogen-bond donors (Lipinski definition) is 0. The zero-order valence-electron chi connectivity index (χ0n) is 8.68. The molecule has 0 aromatic rings. The second kappa shape index (κ2) is 23.4. The van der Waals surface area contributed by atoms with Crippen molar-refractivity contribution in [2.75, 3.05) is 34.6 Å². The van der Waals surface area contributed by atoms with Gasteiger partial charge >= 0.3 is 6.11 Å². The van der Waals surface area contributed by atoms with E-state index in [0.29, 0.717) is 14.4 Å². The van der Waals surface area contributed by atoms with Crippen molar-refractivity contribution in [3.05, 3.63) is 0 Å². The molecule has 0 spiro atoms. The summed E-state index contributed by atoms with van der Waals surface area (Å²) in [6.07, 6.45) is -3.95. The third kappa shape index (κ3) is 42.3. The van der Waals surface area contributed by atoms with Crippen LogP contribution < -0.4 is 0 Å². The second-order valence-corrected chi connectivity index (χ2v) is 1.29. The van der Waals surface area contributed by atoms with Crippen LogP contribution in [0.1, 0.15) is 6.92 Å². The van der Waals surface area contributed by atoms with Crippen molar-refractivity contribution in [3.8, 4) is 0 Å². The van der Waals surface area contributed by atoms with E-state index in [1.54, 1.807) is 0 Å². The van der Waals surface area contributed by atoms with Crippen molar-refractivity contribution < 1.29 is 35.5 Å². The fourth-order valence-electron chi connectivity index (χ4n) is 0.118. The highest BCUT2D eigenvalue weighted by atomic mass is 19.3. The van der Waals surface area contributed by atoms with E-state index < -0.39 is 19.6 Å². The van der Waals surface area contributed by atoms with Crippen LogP contribution >= 0.6 is 0 Å². The van der Waals surface area contributed by atoms with Gasteiger partial charge in [-0.25, -0.2) is 8.78 Å². The molecule has 0 fully saturated rings. The van der Waals surface area contributed by atoms with Crippen molar-refractivity contribution in [2.24, 2.45) is 0 Å². The lowest BCUT2D eigenvalue weighted by molar-refractivity contribution is -0.261. The molecule has 0 amide bonds. The molecular weight excluding hydrogens is 233 g/mol. The van der Waals surface area contributed by atoms with Gasteiger partial charge in [0.05, 0.1) is 21.0 Å². The van der Waals surface area contributed by atoms with E-state index in [1.807, 2.05) is 0 Å². The molecule has 0 heterocycles. The first-order valence-electron chi connectivity index (χ1n) is 3.49. The van der Waals surface area contributed by atoms with E-state index in [1.165, 1.54) is 6.92 Å². The van der Waals surface area contributed by atoms with Crippen molar-refractivity contribution in [2.45, 2.75) is 13.0 Å². The Kier molecular flexibility index (Phi) is 37.3. The van der Waals surface area contributed by atoms with Crippen LogP contribution in [-0.4, -0.2) is 40.7 Å². The summed E-state index contributed by atoms with van der Waals surface area (Å²) in [5, 5.41) is 0. The molecule has 0 unspecified atom stereocenters. The van der Waals surface area contributed by atoms with E-state index >= 15 is 0 Å². The minimum Gasteiger partial charge on any atom is -0.286 e. The van der Waals surface area contributed by atoms with Gasteiger partial charge in [0.2, 0.25) is 0 Å². The number of rotatable bonds is 3. The van der Waals surface area contributed by atoms with Crippen molar-refractivity contribution >= 4 is 0 Å². The molecule has 0 saturated carbocycles. The Morgan fingerprint density at radius 1 is 0.933 bits per heavy atom. The summed E-state index contributed by atoms with van der Waals surface area (Å²) in [7, 11) is 1.00. The van der Waals surface area contributed by atoms with E-state index in [-0.39, 0.29) is 6.67 Å². The van der Waals surface area contributed by atoms with E-state index in [2.05, 4.69) is 4.74 Å². The second-order valence-electron chi connectivity index (χ2n) is 1.29. The predicted octanol–water partition coefficient (Wildman–Crippen LogP) is 3.64. The quantitative estimate of drug-likeness (QED) is 0.693. The van der Waals surface area contributed by atoms with Crippen LogP contribution in [-0.2, 0) is 4.74 Å². The summed E-state index contributed by atoms with van der Waals surface area (Å²) in [5.41, 5.74) is 0. The standard InChI is InChI=1S/C3H4F4O.C2H5F.2CH3F/c4-1-3(6,7)8-2-5;1-2-3;2*1-2/h1-2H2;2H2,1H3;2*1H3. The normalized spacial score (nSPS) is 8.40. The van der Waals surface area contributed by atoms with Gasteiger partial charge in [-0.15, -0.1) is 0 Å². The molecular formula is C7H15F7O. The zero-order chi connectivity index (χ0) is 13.3. The summed E-state index contributed by atoms with van der Waals surface area (Å²) in [4.78, 5) is 0. The van der Waals surface area contributed by atoms with Crippen LogP contribution in [0.2, 0.25) is 0 Å². The third-order valence-corrected chi connectivity index (χ3v) is 0.421. The van der Waals surface area contributed by atoms with Crippen LogP contribution in [0.15, 0.2) is 0 Å². The maximum atomic E-state index is 11.3. The topological polar surface area (TPSA) is 9.23 Å². The van der Waals surface area contributed by atoms with Crippen LogP contribution in [0.25, 0.3) is 0 Å². The van der Waals surface area contributed by atoms with Crippen LogP contribution in [0.5, 0.6) is 0 Å². The first kappa shape index (κ1) is 24.0. The van der Waals surface area contributed by atoms with Crippen molar-refractivity contribution in [1.29, 1.82) is 0 Å². The molecule has 15 heavy (non-hydrogen) atoms. The molecule has 0 rings (SSSR count). The molecule has 8 heteroatoms. The van der Waals surface area contributed by atoms with Gasteiger partial charge in [-0.2, -0.15) is 8.78 Å². The maximum absolute atomic E-state index is 11.3. The Balaban J connectivity index is -0.0000000726. The van der Waals surface area contributed by atoms with E-state index in [9.17, 15) is 30.7 Å². The third-order valence-electron chi connectivity index (χ3n) is 0.421. The fraction of sp³-hybridized carbons (Fsp3) is 1.00.